The number of benzene rings is 5. The molecular formula is C26H18O2. The second kappa shape index (κ2) is 6.50. The van der Waals surface area contributed by atoms with Gasteiger partial charge in [0.2, 0.25) is 0 Å². The fourth-order valence-electron chi connectivity index (χ4n) is 3.76. The van der Waals surface area contributed by atoms with Gasteiger partial charge in [-0.25, -0.2) is 4.79 Å². The lowest BCUT2D eigenvalue weighted by Crippen LogP contribution is -2.08. The quantitative estimate of drug-likeness (QED) is 0.199. The highest BCUT2D eigenvalue weighted by Gasteiger charge is 2.12. The number of fused-ring (bicyclic) bond motifs is 5. The second-order valence-corrected chi connectivity index (χ2v) is 7.05. The van der Waals surface area contributed by atoms with E-state index in [1.54, 1.807) is 12.1 Å². The lowest BCUT2D eigenvalue weighted by molar-refractivity contribution is 0.0737. The van der Waals surface area contributed by atoms with Gasteiger partial charge in [-0.2, -0.15) is 0 Å². The molecule has 0 aliphatic rings. The lowest BCUT2D eigenvalue weighted by atomic mass is 9.97. The molecule has 0 unspecified atom stereocenters. The molecule has 0 aliphatic heterocycles. The van der Waals surface area contributed by atoms with E-state index in [4.69, 9.17) is 4.74 Å². The molecule has 5 aromatic rings. The van der Waals surface area contributed by atoms with E-state index in [-0.39, 0.29) is 5.97 Å². The van der Waals surface area contributed by atoms with E-state index in [0.29, 0.717) is 11.3 Å². The summed E-state index contributed by atoms with van der Waals surface area (Å²) in [6.45, 7) is 1.99. The molecule has 0 heterocycles. The Labute approximate surface area is 163 Å². The molecule has 0 amide bonds. The zero-order valence-corrected chi connectivity index (χ0v) is 15.5. The first-order valence-corrected chi connectivity index (χ1v) is 9.33. The molecule has 134 valence electrons. The van der Waals surface area contributed by atoms with Crippen LogP contribution in [0.3, 0.4) is 0 Å². The molecule has 0 fully saturated rings. The number of esters is 1. The molecule has 0 saturated carbocycles. The van der Waals surface area contributed by atoms with Crippen molar-refractivity contribution in [3.8, 4) is 5.75 Å². The van der Waals surface area contributed by atoms with Crippen LogP contribution in [0.25, 0.3) is 32.3 Å². The fourth-order valence-corrected chi connectivity index (χ4v) is 3.76. The molecule has 0 radical (unpaired) electrons. The van der Waals surface area contributed by atoms with Crippen molar-refractivity contribution in [1.82, 2.24) is 0 Å². The number of carbonyl (C=O) groups excluding carboxylic acids is 1. The minimum absolute atomic E-state index is 0.342. The Morgan fingerprint density at radius 3 is 2.11 bits per heavy atom. The predicted octanol–water partition coefficient (Wildman–Crippen LogP) is 6.67. The smallest absolute Gasteiger partial charge is 0.343 e. The Morgan fingerprint density at radius 2 is 1.25 bits per heavy atom. The van der Waals surface area contributed by atoms with Crippen LogP contribution in [0.5, 0.6) is 5.75 Å². The van der Waals surface area contributed by atoms with Crippen molar-refractivity contribution >= 4 is 38.3 Å². The van der Waals surface area contributed by atoms with E-state index in [2.05, 4.69) is 48.5 Å². The molecule has 2 nitrogen and oxygen atoms in total. The number of aryl methyl sites for hydroxylation is 1. The molecule has 0 aromatic heterocycles. The number of ether oxygens (including phenoxy) is 1. The van der Waals surface area contributed by atoms with Gasteiger partial charge in [-0.3, -0.25) is 0 Å². The normalized spacial score (nSPS) is 11.2. The topological polar surface area (TPSA) is 26.3 Å². The first kappa shape index (κ1) is 16.5. The van der Waals surface area contributed by atoms with Gasteiger partial charge in [0.05, 0.1) is 5.56 Å². The highest BCUT2D eigenvalue weighted by Crippen LogP contribution is 2.35. The third-order valence-electron chi connectivity index (χ3n) is 5.23. The van der Waals surface area contributed by atoms with Crippen molar-refractivity contribution in [3.05, 3.63) is 102 Å². The highest BCUT2D eigenvalue weighted by atomic mass is 16.5. The van der Waals surface area contributed by atoms with Crippen LogP contribution in [0.2, 0.25) is 0 Å². The molecule has 0 spiro atoms. The van der Waals surface area contributed by atoms with Crippen LogP contribution in [-0.2, 0) is 0 Å². The Hall–Kier alpha value is -3.65. The molecule has 0 saturated heterocycles. The minimum atomic E-state index is -0.342. The van der Waals surface area contributed by atoms with Crippen LogP contribution in [-0.4, -0.2) is 5.97 Å². The summed E-state index contributed by atoms with van der Waals surface area (Å²) in [4.78, 5) is 12.6. The van der Waals surface area contributed by atoms with Crippen LogP contribution < -0.4 is 4.74 Å². The first-order valence-electron chi connectivity index (χ1n) is 9.33. The number of carbonyl (C=O) groups is 1. The van der Waals surface area contributed by atoms with Gasteiger partial charge < -0.3 is 4.74 Å². The van der Waals surface area contributed by atoms with Crippen LogP contribution in [0.4, 0.5) is 0 Å². The maximum Gasteiger partial charge on any atom is 0.343 e. The zero-order valence-electron chi connectivity index (χ0n) is 15.5. The van der Waals surface area contributed by atoms with E-state index in [0.717, 1.165) is 21.7 Å². The summed E-state index contributed by atoms with van der Waals surface area (Å²) in [6, 6.07) is 30.1. The maximum atomic E-state index is 12.6. The third kappa shape index (κ3) is 2.71. The summed E-state index contributed by atoms with van der Waals surface area (Å²) in [7, 11) is 0. The van der Waals surface area contributed by atoms with Gasteiger partial charge in [0.1, 0.15) is 5.75 Å². The molecule has 5 aromatic carbocycles. The summed E-state index contributed by atoms with van der Waals surface area (Å²) < 4.78 is 5.75. The van der Waals surface area contributed by atoms with Crippen molar-refractivity contribution < 1.29 is 9.53 Å². The maximum absolute atomic E-state index is 12.6. The van der Waals surface area contributed by atoms with Gasteiger partial charge in [-0.05, 0) is 58.1 Å². The molecule has 2 heteroatoms. The SMILES string of the molecule is Cc1ccc(C(=O)Oc2cccc3c2ccc2c4ccccc4ccc32)cc1. The molecule has 0 bridgehead atoms. The Morgan fingerprint density at radius 1 is 0.607 bits per heavy atom. The molecule has 28 heavy (non-hydrogen) atoms. The van der Waals surface area contributed by atoms with E-state index < -0.39 is 0 Å². The van der Waals surface area contributed by atoms with Gasteiger partial charge in [-0.15, -0.1) is 0 Å². The van der Waals surface area contributed by atoms with E-state index in [9.17, 15) is 4.79 Å². The van der Waals surface area contributed by atoms with Gasteiger partial charge in [0, 0.05) is 5.39 Å². The van der Waals surface area contributed by atoms with E-state index >= 15 is 0 Å². The zero-order chi connectivity index (χ0) is 19.1. The monoisotopic (exact) mass is 362 g/mol. The van der Waals surface area contributed by atoms with Gasteiger partial charge >= 0.3 is 5.97 Å². The fraction of sp³-hybridized carbons (Fsp3) is 0.0385. The molecule has 5 rings (SSSR count). The van der Waals surface area contributed by atoms with Crippen molar-refractivity contribution in [2.75, 3.05) is 0 Å². The Kier molecular flexibility index (Phi) is 3.84. The van der Waals surface area contributed by atoms with Crippen molar-refractivity contribution in [2.24, 2.45) is 0 Å². The minimum Gasteiger partial charge on any atom is -0.422 e. The van der Waals surface area contributed by atoms with Gasteiger partial charge in [-0.1, -0.05) is 72.3 Å². The van der Waals surface area contributed by atoms with Crippen LogP contribution >= 0.6 is 0 Å². The number of hydrogen-bond acceptors (Lipinski definition) is 2. The number of rotatable bonds is 2. The standard InChI is InChI=1S/C26H18O2/c1-17-9-11-19(12-10-17)26(27)28-25-8-4-7-21-23-14-13-18-5-2-3-6-20(18)22(23)15-16-24(21)25/h2-16H,1H3. The molecule has 0 atom stereocenters. The average Bonchev–Trinajstić information content (AvgIpc) is 2.74. The van der Waals surface area contributed by atoms with Crippen LogP contribution in [0.1, 0.15) is 15.9 Å². The summed E-state index contributed by atoms with van der Waals surface area (Å²) in [6.07, 6.45) is 0. The Bertz CT molecular complexity index is 1350. The summed E-state index contributed by atoms with van der Waals surface area (Å²) in [5.74, 6) is 0.240. The summed E-state index contributed by atoms with van der Waals surface area (Å²) >= 11 is 0. The predicted molar refractivity (Wildman–Crippen MR) is 115 cm³/mol. The highest BCUT2D eigenvalue weighted by molar-refractivity contribution is 6.18. The summed E-state index contributed by atoms with van der Waals surface area (Å²) in [5, 5.41) is 6.82. The Balaban J connectivity index is 1.64. The number of hydrogen-bond donors (Lipinski definition) is 0. The van der Waals surface area contributed by atoms with E-state index in [1.807, 2.05) is 37.3 Å². The molecule has 0 N–H and O–H groups in total. The van der Waals surface area contributed by atoms with Gasteiger partial charge in [0.25, 0.3) is 0 Å². The lowest BCUT2D eigenvalue weighted by Gasteiger charge is -2.11. The van der Waals surface area contributed by atoms with Crippen molar-refractivity contribution in [3.63, 3.8) is 0 Å². The van der Waals surface area contributed by atoms with Crippen LogP contribution in [0.15, 0.2) is 91.0 Å². The van der Waals surface area contributed by atoms with Crippen LogP contribution in [0, 0.1) is 6.92 Å². The van der Waals surface area contributed by atoms with Crippen molar-refractivity contribution in [2.45, 2.75) is 6.92 Å². The average molecular weight is 362 g/mol. The molecular weight excluding hydrogens is 344 g/mol. The summed E-state index contributed by atoms with van der Waals surface area (Å²) in [5.41, 5.74) is 1.66. The molecule has 0 aliphatic carbocycles. The second-order valence-electron chi connectivity index (χ2n) is 7.05. The van der Waals surface area contributed by atoms with Gasteiger partial charge in [0.15, 0.2) is 0 Å². The largest absolute Gasteiger partial charge is 0.422 e. The van der Waals surface area contributed by atoms with E-state index in [1.165, 1.54) is 16.2 Å². The third-order valence-corrected chi connectivity index (χ3v) is 5.23. The first-order chi connectivity index (χ1) is 13.7. The van der Waals surface area contributed by atoms with Crippen molar-refractivity contribution in [1.29, 1.82) is 0 Å².